The molecule has 0 spiro atoms. The molecule has 0 aliphatic heterocycles. The van der Waals surface area contributed by atoms with Gasteiger partial charge in [0.15, 0.2) is 0 Å². The maximum absolute atomic E-state index is 13.1. The Kier molecular flexibility index (Phi) is 3.35. The summed E-state index contributed by atoms with van der Waals surface area (Å²) in [5, 5.41) is 8.32. The van der Waals surface area contributed by atoms with E-state index in [4.69, 9.17) is 5.26 Å². The highest BCUT2D eigenvalue weighted by Crippen LogP contribution is 2.37. The van der Waals surface area contributed by atoms with Gasteiger partial charge in [0, 0.05) is 4.47 Å². The van der Waals surface area contributed by atoms with Gasteiger partial charge in [0.1, 0.15) is 11.4 Å². The van der Waals surface area contributed by atoms with Crippen LogP contribution in [-0.4, -0.2) is 0 Å². The predicted molar refractivity (Wildman–Crippen MR) is 48.4 cm³/mol. The molecule has 0 radical (unpaired) electrons. The van der Waals surface area contributed by atoms with Crippen LogP contribution in [0.3, 0.4) is 0 Å². The fourth-order valence-electron chi connectivity index (χ4n) is 1.09. The zero-order chi connectivity index (χ0) is 11.6. The van der Waals surface area contributed by atoms with Crippen LogP contribution in [0, 0.1) is 17.1 Å². The van der Waals surface area contributed by atoms with Gasteiger partial charge in [0.05, 0.1) is 12.5 Å². The molecule has 1 aromatic carbocycles. The standard InChI is InChI=1S/C9H4BrF4N/c10-6-3-5(1-2-15)4-7(11)8(6)9(12,13)14/h3-4H,1H2. The zero-order valence-corrected chi connectivity index (χ0v) is 8.78. The summed E-state index contributed by atoms with van der Waals surface area (Å²) in [6.45, 7) is 0. The second-order valence-electron chi connectivity index (χ2n) is 2.77. The molecule has 0 bridgehead atoms. The van der Waals surface area contributed by atoms with Crippen molar-refractivity contribution in [3.63, 3.8) is 0 Å². The summed E-state index contributed by atoms with van der Waals surface area (Å²) in [6.07, 6.45) is -4.87. The molecule has 0 atom stereocenters. The molecule has 0 heterocycles. The Hall–Kier alpha value is -1.09. The van der Waals surface area contributed by atoms with E-state index < -0.39 is 17.6 Å². The first-order valence-corrected chi connectivity index (χ1v) is 4.57. The molecule has 80 valence electrons. The second-order valence-corrected chi connectivity index (χ2v) is 3.62. The maximum atomic E-state index is 13.1. The average molecular weight is 282 g/mol. The van der Waals surface area contributed by atoms with Crippen molar-refractivity contribution in [2.75, 3.05) is 0 Å². The van der Waals surface area contributed by atoms with Gasteiger partial charge < -0.3 is 0 Å². The van der Waals surface area contributed by atoms with E-state index in [1.165, 1.54) is 0 Å². The topological polar surface area (TPSA) is 23.8 Å². The van der Waals surface area contributed by atoms with Crippen molar-refractivity contribution in [3.8, 4) is 6.07 Å². The lowest BCUT2D eigenvalue weighted by Gasteiger charge is -2.11. The Bertz CT molecular complexity index is 396. The maximum Gasteiger partial charge on any atom is 0.420 e. The fourth-order valence-corrected chi connectivity index (χ4v) is 1.80. The highest BCUT2D eigenvalue weighted by molar-refractivity contribution is 9.10. The van der Waals surface area contributed by atoms with Gasteiger partial charge in [0.2, 0.25) is 0 Å². The molecular weight excluding hydrogens is 278 g/mol. The predicted octanol–water partition coefficient (Wildman–Crippen LogP) is 3.67. The zero-order valence-electron chi connectivity index (χ0n) is 7.20. The number of nitrogens with zero attached hydrogens (tertiary/aromatic N) is 1. The minimum atomic E-state index is -4.74. The quantitative estimate of drug-likeness (QED) is 0.721. The van der Waals surface area contributed by atoms with E-state index in [1.54, 1.807) is 6.07 Å². The van der Waals surface area contributed by atoms with Crippen LogP contribution in [0.2, 0.25) is 0 Å². The average Bonchev–Trinajstić information content (AvgIpc) is 1.99. The molecule has 0 saturated carbocycles. The molecule has 0 aliphatic rings. The lowest BCUT2D eigenvalue weighted by Crippen LogP contribution is -2.09. The summed E-state index contributed by atoms with van der Waals surface area (Å²) < 4.78 is 49.6. The van der Waals surface area contributed by atoms with E-state index in [2.05, 4.69) is 15.9 Å². The summed E-state index contributed by atoms with van der Waals surface area (Å²) in [5.41, 5.74) is -1.14. The molecule has 0 unspecified atom stereocenters. The smallest absolute Gasteiger partial charge is 0.206 e. The van der Waals surface area contributed by atoms with Gasteiger partial charge in [-0.1, -0.05) is 15.9 Å². The Labute approximate surface area is 91.4 Å². The van der Waals surface area contributed by atoms with Crippen molar-refractivity contribution in [1.82, 2.24) is 0 Å². The van der Waals surface area contributed by atoms with Crippen LogP contribution in [0.4, 0.5) is 17.6 Å². The van der Waals surface area contributed by atoms with Gasteiger partial charge in [0.25, 0.3) is 0 Å². The van der Waals surface area contributed by atoms with Crippen LogP contribution in [0.25, 0.3) is 0 Å². The number of benzene rings is 1. The fraction of sp³-hybridized carbons (Fsp3) is 0.222. The van der Waals surface area contributed by atoms with Crippen LogP contribution < -0.4 is 0 Å². The summed E-state index contributed by atoms with van der Waals surface area (Å²) in [6, 6.07) is 3.54. The molecule has 0 amide bonds. The van der Waals surface area contributed by atoms with Gasteiger partial charge in [-0.2, -0.15) is 18.4 Å². The molecule has 6 heteroatoms. The Balaban J connectivity index is 3.29. The van der Waals surface area contributed by atoms with Gasteiger partial charge in [-0.05, 0) is 17.7 Å². The molecule has 0 saturated heterocycles. The minimum Gasteiger partial charge on any atom is -0.206 e. The Morgan fingerprint density at radius 2 is 1.93 bits per heavy atom. The van der Waals surface area contributed by atoms with E-state index in [0.29, 0.717) is 0 Å². The third kappa shape index (κ3) is 2.69. The Morgan fingerprint density at radius 1 is 1.33 bits per heavy atom. The number of hydrogen-bond acceptors (Lipinski definition) is 1. The number of rotatable bonds is 1. The number of nitriles is 1. The highest BCUT2D eigenvalue weighted by Gasteiger charge is 2.36. The summed E-state index contributed by atoms with van der Waals surface area (Å²) in [5.74, 6) is -1.37. The first-order chi connectivity index (χ1) is 6.86. The van der Waals surface area contributed by atoms with Crippen molar-refractivity contribution < 1.29 is 17.6 Å². The van der Waals surface area contributed by atoms with Crippen molar-refractivity contribution in [2.45, 2.75) is 12.6 Å². The molecule has 0 aromatic heterocycles. The van der Waals surface area contributed by atoms with Crippen LogP contribution >= 0.6 is 15.9 Å². The van der Waals surface area contributed by atoms with Crippen molar-refractivity contribution in [1.29, 1.82) is 5.26 Å². The van der Waals surface area contributed by atoms with Crippen LogP contribution in [0.5, 0.6) is 0 Å². The Morgan fingerprint density at radius 3 is 2.33 bits per heavy atom. The van der Waals surface area contributed by atoms with Gasteiger partial charge in [-0.15, -0.1) is 0 Å². The molecule has 1 aromatic rings. The van der Waals surface area contributed by atoms with Crippen molar-refractivity contribution >= 4 is 15.9 Å². The third-order valence-electron chi connectivity index (χ3n) is 1.67. The van der Waals surface area contributed by atoms with Crippen molar-refractivity contribution in [2.24, 2.45) is 0 Å². The van der Waals surface area contributed by atoms with Gasteiger partial charge >= 0.3 is 6.18 Å². The van der Waals surface area contributed by atoms with Crippen LogP contribution in [-0.2, 0) is 12.6 Å². The van der Waals surface area contributed by atoms with Crippen LogP contribution in [0.1, 0.15) is 11.1 Å². The normalized spacial score (nSPS) is 11.2. The summed E-state index contributed by atoms with van der Waals surface area (Å²) >= 11 is 2.63. The third-order valence-corrected chi connectivity index (χ3v) is 2.29. The van der Waals surface area contributed by atoms with Crippen molar-refractivity contribution in [3.05, 3.63) is 33.5 Å². The lowest BCUT2D eigenvalue weighted by atomic mass is 10.1. The molecular formula is C9H4BrF4N. The molecule has 0 fully saturated rings. The minimum absolute atomic E-state index is 0.131. The van der Waals surface area contributed by atoms with Gasteiger partial charge in [-0.25, -0.2) is 4.39 Å². The lowest BCUT2D eigenvalue weighted by molar-refractivity contribution is -0.140. The highest BCUT2D eigenvalue weighted by atomic mass is 79.9. The number of halogens is 5. The molecule has 15 heavy (non-hydrogen) atoms. The van der Waals surface area contributed by atoms with E-state index in [0.717, 1.165) is 12.1 Å². The summed E-state index contributed by atoms with van der Waals surface area (Å²) in [4.78, 5) is 0. The van der Waals surface area contributed by atoms with E-state index in [1.807, 2.05) is 0 Å². The molecule has 0 N–H and O–H groups in total. The first kappa shape index (κ1) is 12.0. The molecule has 1 rings (SSSR count). The van der Waals surface area contributed by atoms with E-state index in [-0.39, 0.29) is 16.5 Å². The van der Waals surface area contributed by atoms with Gasteiger partial charge in [-0.3, -0.25) is 0 Å². The number of hydrogen-bond donors (Lipinski definition) is 0. The van der Waals surface area contributed by atoms with E-state index >= 15 is 0 Å². The second kappa shape index (κ2) is 4.19. The largest absolute Gasteiger partial charge is 0.420 e. The van der Waals surface area contributed by atoms with Crippen LogP contribution in [0.15, 0.2) is 16.6 Å². The summed E-state index contributed by atoms with van der Waals surface area (Å²) in [7, 11) is 0. The molecule has 0 aliphatic carbocycles. The molecule has 1 nitrogen and oxygen atoms in total. The van der Waals surface area contributed by atoms with E-state index in [9.17, 15) is 17.6 Å². The SMILES string of the molecule is N#CCc1cc(F)c(C(F)(F)F)c(Br)c1. The first-order valence-electron chi connectivity index (χ1n) is 3.78. The number of alkyl halides is 3. The monoisotopic (exact) mass is 281 g/mol.